The number of rotatable bonds is 2. The van der Waals surface area contributed by atoms with Crippen molar-refractivity contribution in [2.45, 2.75) is 0 Å². The maximum Gasteiger partial charge on any atom is 0.259 e. The maximum absolute atomic E-state index is 13.2. The van der Waals surface area contributed by atoms with Gasteiger partial charge in [-0.15, -0.1) is 10.2 Å². The molecule has 0 spiro atoms. The summed E-state index contributed by atoms with van der Waals surface area (Å²) in [6, 6.07) is 8.91. The molecule has 0 aliphatic heterocycles. The van der Waals surface area contributed by atoms with Crippen LogP contribution in [-0.2, 0) is 0 Å². The van der Waals surface area contributed by atoms with Crippen LogP contribution in [0.15, 0.2) is 42.6 Å². The van der Waals surface area contributed by atoms with E-state index in [-0.39, 0.29) is 16.5 Å². The van der Waals surface area contributed by atoms with Gasteiger partial charge in [0.1, 0.15) is 5.82 Å². The molecule has 7 heteroatoms. The SMILES string of the molecule is O=C(Nc1nnc2ccccn12)c1cc(F)ccc1Cl. The minimum atomic E-state index is -0.548. The average Bonchev–Trinajstić information content (AvgIpc) is 2.85. The number of fused-ring (bicyclic) bond motifs is 1. The summed E-state index contributed by atoms with van der Waals surface area (Å²) in [6.07, 6.45) is 1.71. The van der Waals surface area contributed by atoms with Gasteiger partial charge in [0.2, 0.25) is 5.95 Å². The molecule has 0 bridgehead atoms. The summed E-state index contributed by atoms with van der Waals surface area (Å²) >= 11 is 5.88. The number of carbonyl (C=O) groups excluding carboxylic acids is 1. The number of aromatic nitrogens is 3. The molecule has 1 N–H and O–H groups in total. The number of nitrogens with one attached hydrogen (secondary N) is 1. The van der Waals surface area contributed by atoms with Crippen LogP contribution in [0.4, 0.5) is 10.3 Å². The topological polar surface area (TPSA) is 59.3 Å². The van der Waals surface area contributed by atoms with Crippen LogP contribution in [0.5, 0.6) is 0 Å². The molecular weight excluding hydrogens is 283 g/mol. The predicted molar refractivity (Wildman–Crippen MR) is 72.4 cm³/mol. The fraction of sp³-hybridized carbons (Fsp3) is 0. The fourth-order valence-corrected chi connectivity index (χ4v) is 1.97. The zero-order valence-electron chi connectivity index (χ0n) is 10.0. The summed E-state index contributed by atoms with van der Waals surface area (Å²) in [5, 5.41) is 10.5. The van der Waals surface area contributed by atoms with E-state index < -0.39 is 11.7 Å². The monoisotopic (exact) mass is 290 g/mol. The van der Waals surface area contributed by atoms with Gasteiger partial charge in [0.25, 0.3) is 5.91 Å². The van der Waals surface area contributed by atoms with Crippen LogP contribution >= 0.6 is 11.6 Å². The van der Waals surface area contributed by atoms with Crippen molar-refractivity contribution in [3.8, 4) is 0 Å². The van der Waals surface area contributed by atoms with Crippen LogP contribution < -0.4 is 5.32 Å². The predicted octanol–water partition coefficient (Wildman–Crippen LogP) is 2.77. The highest BCUT2D eigenvalue weighted by Crippen LogP contribution is 2.18. The number of carbonyl (C=O) groups is 1. The normalized spacial score (nSPS) is 10.7. The van der Waals surface area contributed by atoms with Gasteiger partial charge in [-0.1, -0.05) is 17.7 Å². The minimum absolute atomic E-state index is 0.0411. The minimum Gasteiger partial charge on any atom is -0.290 e. The zero-order valence-corrected chi connectivity index (χ0v) is 10.8. The smallest absolute Gasteiger partial charge is 0.259 e. The molecule has 1 amide bonds. The summed E-state index contributed by atoms with van der Waals surface area (Å²) < 4.78 is 14.8. The Morgan fingerprint density at radius 3 is 2.95 bits per heavy atom. The number of pyridine rings is 1. The van der Waals surface area contributed by atoms with Crippen LogP contribution in [0, 0.1) is 5.82 Å². The first-order chi connectivity index (χ1) is 9.65. The van der Waals surface area contributed by atoms with Crippen molar-refractivity contribution in [1.29, 1.82) is 0 Å². The summed E-state index contributed by atoms with van der Waals surface area (Å²) in [6.45, 7) is 0. The van der Waals surface area contributed by atoms with Crippen LogP contribution in [0.3, 0.4) is 0 Å². The Kier molecular flexibility index (Phi) is 3.08. The van der Waals surface area contributed by atoms with E-state index >= 15 is 0 Å². The fourth-order valence-electron chi connectivity index (χ4n) is 1.77. The molecule has 3 rings (SSSR count). The summed E-state index contributed by atoms with van der Waals surface area (Å²) in [5.41, 5.74) is 0.632. The highest BCUT2D eigenvalue weighted by Gasteiger charge is 2.14. The average molecular weight is 291 g/mol. The van der Waals surface area contributed by atoms with Gasteiger partial charge in [0.05, 0.1) is 10.6 Å². The molecule has 0 aliphatic rings. The molecular formula is C13H8ClFN4O. The molecule has 0 atom stereocenters. The third-order valence-corrected chi connectivity index (χ3v) is 3.04. The number of amides is 1. The molecule has 2 heterocycles. The second-order valence-electron chi connectivity index (χ2n) is 4.03. The van der Waals surface area contributed by atoms with Gasteiger partial charge in [0.15, 0.2) is 5.65 Å². The zero-order chi connectivity index (χ0) is 14.1. The van der Waals surface area contributed by atoms with Gasteiger partial charge in [0, 0.05) is 6.20 Å². The Hall–Kier alpha value is -2.47. The number of benzene rings is 1. The van der Waals surface area contributed by atoms with Crippen LogP contribution in [0.2, 0.25) is 5.02 Å². The number of nitrogens with zero attached hydrogens (tertiary/aromatic N) is 3. The van der Waals surface area contributed by atoms with Crippen molar-refractivity contribution in [3.05, 3.63) is 59.0 Å². The van der Waals surface area contributed by atoms with Crippen LogP contribution in [0.25, 0.3) is 5.65 Å². The second-order valence-corrected chi connectivity index (χ2v) is 4.44. The lowest BCUT2D eigenvalue weighted by Gasteiger charge is -2.05. The molecule has 100 valence electrons. The standard InChI is InChI=1S/C13H8ClFN4O/c14-10-5-4-8(15)7-9(10)12(20)16-13-18-17-11-3-1-2-6-19(11)13/h1-7H,(H,16,18,20). The Balaban J connectivity index is 1.94. The summed E-state index contributed by atoms with van der Waals surface area (Å²) in [5.74, 6) is -0.843. The lowest BCUT2D eigenvalue weighted by Crippen LogP contribution is -2.15. The molecule has 0 fully saturated rings. The van der Waals surface area contributed by atoms with E-state index in [1.807, 2.05) is 0 Å². The van der Waals surface area contributed by atoms with E-state index in [0.29, 0.717) is 5.65 Å². The number of hydrogen-bond donors (Lipinski definition) is 1. The van der Waals surface area contributed by atoms with Crippen molar-refractivity contribution in [2.24, 2.45) is 0 Å². The second kappa shape index (κ2) is 4.90. The van der Waals surface area contributed by atoms with Crippen molar-refractivity contribution in [2.75, 3.05) is 5.32 Å². The lowest BCUT2D eigenvalue weighted by molar-refractivity contribution is 0.102. The molecule has 5 nitrogen and oxygen atoms in total. The number of anilines is 1. The summed E-state index contributed by atoms with van der Waals surface area (Å²) in [4.78, 5) is 12.1. The van der Waals surface area contributed by atoms with E-state index in [2.05, 4.69) is 15.5 Å². The first kappa shape index (κ1) is 12.6. The van der Waals surface area contributed by atoms with Crippen molar-refractivity contribution >= 4 is 29.1 Å². The van der Waals surface area contributed by atoms with Crippen molar-refractivity contribution in [3.63, 3.8) is 0 Å². The van der Waals surface area contributed by atoms with Crippen molar-refractivity contribution < 1.29 is 9.18 Å². The molecule has 1 aromatic carbocycles. The molecule has 0 aliphatic carbocycles. The van der Waals surface area contributed by atoms with Crippen LogP contribution in [0.1, 0.15) is 10.4 Å². The molecule has 0 radical (unpaired) electrons. The first-order valence-electron chi connectivity index (χ1n) is 5.71. The van der Waals surface area contributed by atoms with Gasteiger partial charge in [-0.2, -0.15) is 0 Å². The van der Waals surface area contributed by atoms with Gasteiger partial charge in [-0.25, -0.2) is 4.39 Å². The van der Waals surface area contributed by atoms with E-state index in [0.717, 1.165) is 6.07 Å². The van der Waals surface area contributed by atoms with Gasteiger partial charge < -0.3 is 0 Å². The lowest BCUT2D eigenvalue weighted by atomic mass is 10.2. The first-order valence-corrected chi connectivity index (χ1v) is 6.09. The maximum atomic E-state index is 13.2. The Morgan fingerprint density at radius 2 is 2.10 bits per heavy atom. The van der Waals surface area contributed by atoms with E-state index in [1.54, 1.807) is 28.8 Å². The van der Waals surface area contributed by atoms with Crippen molar-refractivity contribution in [1.82, 2.24) is 14.6 Å². The highest BCUT2D eigenvalue weighted by atomic mass is 35.5. The van der Waals surface area contributed by atoms with E-state index in [4.69, 9.17) is 11.6 Å². The number of halogens is 2. The molecule has 0 saturated heterocycles. The van der Waals surface area contributed by atoms with E-state index in [9.17, 15) is 9.18 Å². The molecule has 20 heavy (non-hydrogen) atoms. The molecule has 2 aromatic heterocycles. The largest absolute Gasteiger partial charge is 0.290 e. The Labute approximate surface area is 118 Å². The quantitative estimate of drug-likeness (QED) is 0.789. The van der Waals surface area contributed by atoms with Gasteiger partial charge in [-0.05, 0) is 30.3 Å². The Morgan fingerprint density at radius 1 is 1.25 bits per heavy atom. The van der Waals surface area contributed by atoms with E-state index in [1.165, 1.54) is 12.1 Å². The highest BCUT2D eigenvalue weighted by molar-refractivity contribution is 6.34. The third kappa shape index (κ3) is 2.21. The Bertz CT molecular complexity index is 802. The van der Waals surface area contributed by atoms with Gasteiger partial charge >= 0.3 is 0 Å². The molecule has 0 saturated carbocycles. The van der Waals surface area contributed by atoms with Crippen LogP contribution in [-0.4, -0.2) is 20.5 Å². The summed E-state index contributed by atoms with van der Waals surface area (Å²) in [7, 11) is 0. The molecule has 3 aromatic rings. The number of hydrogen-bond acceptors (Lipinski definition) is 3. The van der Waals surface area contributed by atoms with Gasteiger partial charge in [-0.3, -0.25) is 14.5 Å². The third-order valence-electron chi connectivity index (χ3n) is 2.71. The molecule has 0 unspecified atom stereocenters.